The summed E-state index contributed by atoms with van der Waals surface area (Å²) in [7, 11) is 1.24. The number of nitrogens with zero attached hydrogens (tertiary/aromatic N) is 1. The highest BCUT2D eigenvalue weighted by Crippen LogP contribution is 2.39. The number of hydrogen-bond acceptors (Lipinski definition) is 3. The molecule has 1 amide bonds. The van der Waals surface area contributed by atoms with Crippen molar-refractivity contribution >= 4 is 25.8 Å². The van der Waals surface area contributed by atoms with Crippen molar-refractivity contribution < 1.29 is 13.2 Å². The molecule has 0 aromatic rings. The summed E-state index contributed by atoms with van der Waals surface area (Å²) in [5.74, 6) is -0.411. The van der Waals surface area contributed by atoms with Crippen LogP contribution in [0.15, 0.2) is 0 Å². The molecule has 0 saturated carbocycles. The summed E-state index contributed by atoms with van der Waals surface area (Å²) < 4.78 is 22.8. The minimum Gasteiger partial charge on any atom is -0.274 e. The zero-order valence-electron chi connectivity index (χ0n) is 7.58. The van der Waals surface area contributed by atoms with Crippen LogP contribution in [-0.4, -0.2) is 24.2 Å². The maximum Gasteiger partial charge on any atom is 0.324 e. The van der Waals surface area contributed by atoms with Gasteiger partial charge in [-0.05, 0) is 13.3 Å². The fraction of sp³-hybridized carbons (Fsp3) is 0.857. The monoisotopic (exact) mass is 225 g/mol. The molecule has 0 radical (unpaired) electrons. The topological polar surface area (TPSA) is 54.5 Å². The largest absolute Gasteiger partial charge is 0.324 e. The van der Waals surface area contributed by atoms with Crippen molar-refractivity contribution in [2.24, 2.45) is 0 Å². The third-order valence-electron chi connectivity index (χ3n) is 2.26. The quantitative estimate of drug-likeness (QED) is 0.537. The lowest BCUT2D eigenvalue weighted by Crippen LogP contribution is -2.62. The van der Waals surface area contributed by atoms with Gasteiger partial charge in [0.15, 0.2) is 0 Å². The van der Waals surface area contributed by atoms with E-state index in [1.54, 1.807) is 6.92 Å². The zero-order valence-corrected chi connectivity index (χ0v) is 9.15. The molecule has 0 spiro atoms. The Kier molecular flexibility index (Phi) is 2.60. The second-order valence-corrected chi connectivity index (χ2v) is 5.88. The molecule has 1 rings (SSSR count). The summed E-state index contributed by atoms with van der Waals surface area (Å²) in [5.41, 5.74) is -0.591. The predicted octanol–water partition coefficient (Wildman–Crippen LogP) is 1.26. The molecule has 4 nitrogen and oxygen atoms in total. The van der Waals surface area contributed by atoms with Crippen molar-refractivity contribution in [2.75, 3.05) is 0 Å². The zero-order chi connectivity index (χ0) is 10.3. The van der Waals surface area contributed by atoms with Crippen LogP contribution in [0.4, 0.5) is 0 Å². The minimum absolute atomic E-state index is 0.271. The predicted molar refractivity (Wildman–Crippen MR) is 49.5 cm³/mol. The molecule has 0 aromatic heterocycles. The van der Waals surface area contributed by atoms with Crippen LogP contribution in [0.3, 0.4) is 0 Å². The molecule has 1 fully saturated rings. The molecule has 0 aromatic carbocycles. The molecule has 1 aliphatic rings. The van der Waals surface area contributed by atoms with E-state index in [2.05, 4.69) is 0 Å². The van der Waals surface area contributed by atoms with Gasteiger partial charge in [0.25, 0.3) is 0 Å². The number of amides is 1. The maximum atomic E-state index is 11.0. The Morgan fingerprint density at radius 3 is 2.46 bits per heavy atom. The van der Waals surface area contributed by atoms with Crippen LogP contribution in [0.2, 0.25) is 0 Å². The van der Waals surface area contributed by atoms with E-state index in [0.717, 1.165) is 10.7 Å². The van der Waals surface area contributed by atoms with Gasteiger partial charge in [-0.25, -0.2) is 4.31 Å². The van der Waals surface area contributed by atoms with Crippen molar-refractivity contribution in [3.8, 4) is 0 Å². The van der Waals surface area contributed by atoms with Gasteiger partial charge in [0.1, 0.15) is 0 Å². The molecule has 76 valence electrons. The maximum absolute atomic E-state index is 11.0. The number of β-lactam (4-membered cyclic amide) rings is 1. The van der Waals surface area contributed by atoms with Gasteiger partial charge in [0.2, 0.25) is 5.91 Å². The van der Waals surface area contributed by atoms with Gasteiger partial charge < -0.3 is 0 Å². The van der Waals surface area contributed by atoms with E-state index in [1.165, 1.54) is 0 Å². The Hall–Kier alpha value is -0.290. The van der Waals surface area contributed by atoms with E-state index >= 15 is 0 Å². The van der Waals surface area contributed by atoms with E-state index < -0.39 is 20.7 Å². The molecular weight excluding hydrogens is 214 g/mol. The van der Waals surface area contributed by atoms with Gasteiger partial charge in [0, 0.05) is 10.7 Å². The lowest BCUT2D eigenvalue weighted by Gasteiger charge is -2.46. The van der Waals surface area contributed by atoms with E-state index in [1.807, 2.05) is 6.92 Å². The Morgan fingerprint density at radius 1 is 1.62 bits per heavy atom. The van der Waals surface area contributed by atoms with Crippen LogP contribution in [0.25, 0.3) is 0 Å². The standard InChI is InChI=1S/C7H12ClNO3S/c1-3-4-7(2)5-6(10)9(7)13(8,11)12/h3-5H2,1-2H3. The lowest BCUT2D eigenvalue weighted by molar-refractivity contribution is -0.144. The van der Waals surface area contributed by atoms with Gasteiger partial charge in [-0.3, -0.25) is 4.79 Å². The molecule has 13 heavy (non-hydrogen) atoms. The first-order valence-electron chi connectivity index (χ1n) is 4.09. The Bertz CT molecular complexity index is 327. The molecule has 1 saturated heterocycles. The van der Waals surface area contributed by atoms with Gasteiger partial charge in [-0.1, -0.05) is 13.3 Å². The number of carbonyl (C=O) groups is 1. The van der Waals surface area contributed by atoms with Crippen molar-refractivity contribution in [1.82, 2.24) is 4.31 Å². The number of carbonyl (C=O) groups excluding carboxylic acids is 1. The van der Waals surface area contributed by atoms with Crippen LogP contribution in [0.5, 0.6) is 0 Å². The SMILES string of the molecule is CCCC1(C)CC(=O)N1S(=O)(=O)Cl. The molecule has 1 atom stereocenters. The van der Waals surface area contributed by atoms with Crippen LogP contribution < -0.4 is 0 Å². The highest BCUT2D eigenvalue weighted by molar-refractivity contribution is 8.12. The number of rotatable bonds is 3. The molecule has 0 N–H and O–H groups in total. The highest BCUT2D eigenvalue weighted by Gasteiger charge is 2.52. The summed E-state index contributed by atoms with van der Waals surface area (Å²) in [6, 6.07) is 0. The molecule has 0 bridgehead atoms. The summed E-state index contributed by atoms with van der Waals surface area (Å²) >= 11 is 0. The first kappa shape index (κ1) is 10.8. The third kappa shape index (κ3) is 1.81. The Labute approximate surface area is 82.4 Å². The van der Waals surface area contributed by atoms with Gasteiger partial charge in [0.05, 0.1) is 12.0 Å². The summed E-state index contributed by atoms with van der Waals surface area (Å²) in [5, 5.41) is 0. The minimum atomic E-state index is -3.89. The van der Waals surface area contributed by atoms with Crippen molar-refractivity contribution in [3.05, 3.63) is 0 Å². The fourth-order valence-corrected chi connectivity index (χ4v) is 3.51. The average molecular weight is 226 g/mol. The Balaban J connectivity index is 2.89. The van der Waals surface area contributed by atoms with Gasteiger partial charge in [-0.15, -0.1) is 0 Å². The third-order valence-corrected chi connectivity index (χ3v) is 3.75. The molecule has 1 aliphatic heterocycles. The van der Waals surface area contributed by atoms with E-state index in [-0.39, 0.29) is 6.42 Å². The summed E-state index contributed by atoms with van der Waals surface area (Å²) in [4.78, 5) is 11.0. The lowest BCUT2D eigenvalue weighted by atomic mass is 9.85. The second kappa shape index (κ2) is 3.13. The number of halogens is 1. The van der Waals surface area contributed by atoms with Crippen molar-refractivity contribution in [2.45, 2.75) is 38.6 Å². The van der Waals surface area contributed by atoms with E-state index in [4.69, 9.17) is 10.7 Å². The normalized spacial score (nSPS) is 28.8. The molecule has 6 heteroatoms. The smallest absolute Gasteiger partial charge is 0.274 e. The van der Waals surface area contributed by atoms with Crippen LogP contribution in [0, 0.1) is 0 Å². The second-order valence-electron chi connectivity index (χ2n) is 3.52. The van der Waals surface area contributed by atoms with Crippen LogP contribution >= 0.6 is 10.7 Å². The molecular formula is C7H12ClNO3S. The molecule has 1 unspecified atom stereocenters. The van der Waals surface area contributed by atoms with Crippen molar-refractivity contribution in [1.29, 1.82) is 0 Å². The Morgan fingerprint density at radius 2 is 2.15 bits per heavy atom. The average Bonchev–Trinajstić information content (AvgIpc) is 1.81. The van der Waals surface area contributed by atoms with Gasteiger partial charge >= 0.3 is 9.24 Å². The molecule has 0 aliphatic carbocycles. The first-order valence-corrected chi connectivity index (χ1v) is 6.36. The summed E-state index contributed by atoms with van der Waals surface area (Å²) in [6.45, 7) is 3.67. The number of hydrogen-bond donors (Lipinski definition) is 0. The summed E-state index contributed by atoms with van der Waals surface area (Å²) in [6.07, 6.45) is 1.75. The van der Waals surface area contributed by atoms with E-state index in [9.17, 15) is 13.2 Å². The molecule has 1 heterocycles. The fourth-order valence-electron chi connectivity index (χ4n) is 1.79. The van der Waals surface area contributed by atoms with Gasteiger partial charge in [-0.2, -0.15) is 8.42 Å². The van der Waals surface area contributed by atoms with Crippen molar-refractivity contribution in [3.63, 3.8) is 0 Å². The highest BCUT2D eigenvalue weighted by atomic mass is 35.7. The van der Waals surface area contributed by atoms with E-state index in [0.29, 0.717) is 6.42 Å². The first-order chi connectivity index (χ1) is 5.81. The van der Waals surface area contributed by atoms with Crippen LogP contribution in [0.1, 0.15) is 33.1 Å². The van der Waals surface area contributed by atoms with Crippen LogP contribution in [-0.2, 0) is 14.0 Å².